The maximum Gasteiger partial charge on any atom is 0.414 e. The third kappa shape index (κ3) is 4.29. The molecule has 0 aliphatic carbocycles. The average molecular weight is 437 g/mol. The molecule has 1 aromatic heterocycles. The molecular weight excluding hydrogens is 418 g/mol. The van der Waals surface area contributed by atoms with Crippen LogP contribution in [0, 0.1) is 0 Å². The van der Waals surface area contributed by atoms with Gasteiger partial charge in [-0.15, -0.1) is 11.3 Å². The van der Waals surface area contributed by atoms with Crippen molar-refractivity contribution in [2.45, 2.75) is 45.3 Å². The van der Waals surface area contributed by atoms with E-state index in [1.54, 1.807) is 33.9 Å². The minimum absolute atomic E-state index is 0.142. The van der Waals surface area contributed by atoms with E-state index >= 15 is 0 Å². The minimum Gasteiger partial charge on any atom is -0.444 e. The number of carbonyl (C=O) groups is 2. The Bertz CT molecular complexity index is 713. The first-order valence-electron chi connectivity index (χ1n) is 7.23. The molecule has 1 aliphatic heterocycles. The fraction of sp³-hybridized carbons (Fsp3) is 0.533. The Morgan fingerprint density at radius 3 is 2.67 bits per heavy atom. The number of amides is 2. The summed E-state index contributed by atoms with van der Waals surface area (Å²) in [7, 11) is 1.56. The summed E-state index contributed by atoms with van der Waals surface area (Å²) in [5.41, 5.74) is -1.49. The largest absolute Gasteiger partial charge is 0.444 e. The number of rotatable bonds is 1. The number of thiophene rings is 1. The van der Waals surface area contributed by atoms with Crippen LogP contribution in [0.2, 0.25) is 5.02 Å². The van der Waals surface area contributed by atoms with Crippen LogP contribution in [0.5, 0.6) is 0 Å². The van der Waals surface area contributed by atoms with Gasteiger partial charge in [-0.05, 0) is 49.7 Å². The van der Waals surface area contributed by atoms with Crippen molar-refractivity contribution >= 4 is 56.8 Å². The highest BCUT2D eigenvalue weighted by Gasteiger charge is 2.40. The summed E-state index contributed by atoms with van der Waals surface area (Å²) in [4.78, 5) is 31.0. The van der Waals surface area contributed by atoms with E-state index in [9.17, 15) is 9.59 Å². The molecule has 0 saturated heterocycles. The van der Waals surface area contributed by atoms with E-state index in [-0.39, 0.29) is 18.3 Å². The fourth-order valence-electron chi connectivity index (χ4n) is 2.23. The molecule has 2 heterocycles. The third-order valence-corrected chi connectivity index (χ3v) is 5.60. The van der Waals surface area contributed by atoms with Crippen LogP contribution >= 0.6 is 38.9 Å². The summed E-state index contributed by atoms with van der Waals surface area (Å²) in [5.74, 6) is -0.0252. The number of hydrogen-bond acceptors (Lipinski definition) is 5. The summed E-state index contributed by atoms with van der Waals surface area (Å²) < 4.78 is 6.08. The summed E-state index contributed by atoms with van der Waals surface area (Å²) in [6, 6.07) is 1.77. The van der Waals surface area contributed by atoms with Crippen LogP contribution in [0.15, 0.2) is 14.8 Å². The van der Waals surface area contributed by atoms with Gasteiger partial charge in [0.25, 0.3) is 0 Å². The van der Waals surface area contributed by atoms with Crippen molar-refractivity contribution in [1.29, 1.82) is 0 Å². The molecule has 132 valence electrons. The highest BCUT2D eigenvalue weighted by molar-refractivity contribution is 9.11. The smallest absolute Gasteiger partial charge is 0.414 e. The molecule has 2 amide bonds. The molecule has 1 aliphatic rings. The molecule has 0 saturated carbocycles. The zero-order valence-electron chi connectivity index (χ0n) is 14.1. The van der Waals surface area contributed by atoms with Crippen LogP contribution in [0.3, 0.4) is 0 Å². The lowest BCUT2D eigenvalue weighted by atomic mass is 9.94. The van der Waals surface area contributed by atoms with E-state index in [1.807, 2.05) is 6.92 Å². The number of hydrogen-bond donors (Lipinski definition) is 1. The topological polar surface area (TPSA) is 71.0 Å². The number of nitrogens with one attached hydrogen (secondary N) is 1. The molecular formula is C15H19BrClN3O3S. The molecule has 0 radical (unpaired) electrons. The number of aliphatic imine (C=N–C) groups is 1. The lowest BCUT2D eigenvalue weighted by Crippen LogP contribution is -2.52. The first kappa shape index (κ1) is 19.2. The van der Waals surface area contributed by atoms with Crippen LogP contribution in [0.25, 0.3) is 0 Å². The van der Waals surface area contributed by atoms with Crippen molar-refractivity contribution in [3.05, 3.63) is 19.8 Å². The van der Waals surface area contributed by atoms with Crippen LogP contribution in [-0.2, 0) is 15.1 Å². The van der Waals surface area contributed by atoms with Crippen molar-refractivity contribution in [2.75, 3.05) is 7.05 Å². The number of alkyl carbamates (subject to hydrolysis) is 1. The first-order valence-corrected chi connectivity index (χ1v) is 9.22. The van der Waals surface area contributed by atoms with E-state index in [2.05, 4.69) is 26.2 Å². The summed E-state index contributed by atoms with van der Waals surface area (Å²) in [6.07, 6.45) is -0.501. The lowest BCUT2D eigenvalue weighted by Gasteiger charge is -2.34. The SMILES string of the molecule is CN1C(=O)C[C@@](C)(c2sc(Br)cc2Cl)N=C1NC(=O)OC(C)(C)C. The van der Waals surface area contributed by atoms with Crippen molar-refractivity contribution in [3.63, 3.8) is 0 Å². The molecule has 24 heavy (non-hydrogen) atoms. The van der Waals surface area contributed by atoms with Crippen molar-refractivity contribution < 1.29 is 14.3 Å². The second-order valence-corrected chi connectivity index (χ2v) is 9.53. The van der Waals surface area contributed by atoms with Gasteiger partial charge in [0.15, 0.2) is 0 Å². The molecule has 0 aromatic carbocycles. The van der Waals surface area contributed by atoms with Crippen molar-refractivity contribution in [3.8, 4) is 0 Å². The van der Waals surface area contributed by atoms with Gasteiger partial charge >= 0.3 is 6.09 Å². The predicted octanol–water partition coefficient (Wildman–Crippen LogP) is 4.12. The minimum atomic E-state index is -0.846. The van der Waals surface area contributed by atoms with Gasteiger partial charge in [0, 0.05) is 7.05 Å². The average Bonchev–Trinajstić information content (AvgIpc) is 2.73. The summed E-state index contributed by atoms with van der Waals surface area (Å²) >= 11 is 11.1. The Morgan fingerprint density at radius 1 is 1.54 bits per heavy atom. The zero-order valence-corrected chi connectivity index (χ0v) is 17.2. The third-order valence-electron chi connectivity index (χ3n) is 3.30. The van der Waals surface area contributed by atoms with Gasteiger partial charge in [-0.2, -0.15) is 0 Å². The highest BCUT2D eigenvalue weighted by atomic mass is 79.9. The number of ether oxygens (including phenoxy) is 1. The predicted molar refractivity (Wildman–Crippen MR) is 98.6 cm³/mol. The highest BCUT2D eigenvalue weighted by Crippen LogP contribution is 2.43. The Kier molecular flexibility index (Phi) is 5.32. The molecule has 1 atom stereocenters. The number of guanidine groups is 1. The fourth-order valence-corrected chi connectivity index (χ4v) is 4.43. The molecule has 0 spiro atoms. The molecule has 1 N–H and O–H groups in total. The Labute approximate surface area is 158 Å². The second kappa shape index (κ2) is 6.65. The van der Waals surface area contributed by atoms with Crippen LogP contribution in [-0.4, -0.2) is 35.5 Å². The second-order valence-electron chi connectivity index (χ2n) is 6.69. The van der Waals surface area contributed by atoms with Crippen molar-refractivity contribution in [1.82, 2.24) is 10.2 Å². The van der Waals surface area contributed by atoms with E-state index in [0.29, 0.717) is 5.02 Å². The molecule has 9 heteroatoms. The standard InChI is InChI=1S/C15H19BrClN3O3S/c1-14(2,3)23-13(22)18-12-19-15(4,7-10(21)20(12)5)11-8(17)6-9(16)24-11/h6H,7H2,1-5H3,(H,18,19,22)/t15-/m0/s1. The number of halogens is 2. The molecule has 0 fully saturated rings. The summed E-state index contributed by atoms with van der Waals surface area (Å²) in [5, 5.41) is 3.08. The Morgan fingerprint density at radius 2 is 2.17 bits per heavy atom. The number of nitrogens with zero attached hydrogens (tertiary/aromatic N) is 2. The maximum absolute atomic E-state index is 12.4. The van der Waals surface area contributed by atoms with Gasteiger partial charge in [-0.25, -0.2) is 9.79 Å². The van der Waals surface area contributed by atoms with E-state index in [0.717, 1.165) is 8.66 Å². The van der Waals surface area contributed by atoms with E-state index in [4.69, 9.17) is 16.3 Å². The van der Waals surface area contributed by atoms with Crippen LogP contribution in [0.1, 0.15) is 39.0 Å². The Hall–Kier alpha value is -1.12. The van der Waals surface area contributed by atoms with Gasteiger partial charge in [-0.1, -0.05) is 11.6 Å². The van der Waals surface area contributed by atoms with Gasteiger partial charge in [0.2, 0.25) is 11.9 Å². The molecule has 0 bridgehead atoms. The monoisotopic (exact) mass is 435 g/mol. The zero-order chi connectivity index (χ0) is 18.3. The molecule has 6 nitrogen and oxygen atoms in total. The van der Waals surface area contributed by atoms with Crippen LogP contribution < -0.4 is 5.32 Å². The molecule has 0 unspecified atom stereocenters. The van der Waals surface area contributed by atoms with Gasteiger partial charge in [0.1, 0.15) is 11.1 Å². The van der Waals surface area contributed by atoms with Crippen molar-refractivity contribution in [2.24, 2.45) is 4.99 Å². The Balaban J connectivity index is 2.35. The van der Waals surface area contributed by atoms with E-state index in [1.165, 1.54) is 16.2 Å². The first-order chi connectivity index (χ1) is 10.9. The number of carbonyl (C=O) groups excluding carboxylic acids is 2. The van der Waals surface area contributed by atoms with Crippen LogP contribution in [0.4, 0.5) is 4.79 Å². The van der Waals surface area contributed by atoms with Gasteiger partial charge in [0.05, 0.1) is 20.1 Å². The van der Waals surface area contributed by atoms with Gasteiger partial charge in [-0.3, -0.25) is 15.0 Å². The van der Waals surface area contributed by atoms with Gasteiger partial charge < -0.3 is 4.74 Å². The quantitative estimate of drug-likeness (QED) is 0.720. The lowest BCUT2D eigenvalue weighted by molar-refractivity contribution is -0.128. The molecule has 2 rings (SSSR count). The molecule has 1 aromatic rings. The normalized spacial score (nSPS) is 21.5. The van der Waals surface area contributed by atoms with E-state index < -0.39 is 17.2 Å². The maximum atomic E-state index is 12.4. The summed E-state index contributed by atoms with van der Waals surface area (Å²) in [6.45, 7) is 7.10.